The summed E-state index contributed by atoms with van der Waals surface area (Å²) in [6.45, 7) is 0.640. The maximum absolute atomic E-state index is 6.04. The van der Waals surface area contributed by atoms with Crippen molar-refractivity contribution < 1.29 is 14.2 Å². The van der Waals surface area contributed by atoms with Gasteiger partial charge >= 0.3 is 0 Å². The van der Waals surface area contributed by atoms with Crippen LogP contribution in [0.5, 0.6) is 11.5 Å². The van der Waals surface area contributed by atoms with Crippen LogP contribution in [0.4, 0.5) is 0 Å². The molecular weight excluding hydrogens is 206 g/mol. The van der Waals surface area contributed by atoms with Crippen molar-refractivity contribution in [3.05, 3.63) is 23.8 Å². The number of methoxy groups -OCH3 is 3. The van der Waals surface area contributed by atoms with Gasteiger partial charge in [0.2, 0.25) is 0 Å². The van der Waals surface area contributed by atoms with Crippen LogP contribution in [-0.4, -0.2) is 27.9 Å². The fourth-order valence-electron chi connectivity index (χ4n) is 1.46. The summed E-state index contributed by atoms with van der Waals surface area (Å²) in [6, 6.07) is 5.60. The molecule has 0 saturated carbocycles. The summed E-state index contributed by atoms with van der Waals surface area (Å²) in [6.07, 6.45) is 0.771. The van der Waals surface area contributed by atoms with E-state index in [4.69, 9.17) is 19.9 Å². The third kappa shape index (κ3) is 3.40. The molecule has 0 saturated heterocycles. The summed E-state index contributed by atoms with van der Waals surface area (Å²) in [5.41, 5.74) is 7.03. The van der Waals surface area contributed by atoms with Crippen molar-refractivity contribution in [1.82, 2.24) is 0 Å². The van der Waals surface area contributed by atoms with Gasteiger partial charge in [0, 0.05) is 25.8 Å². The van der Waals surface area contributed by atoms with Gasteiger partial charge in [-0.1, -0.05) is 0 Å². The predicted molar refractivity (Wildman–Crippen MR) is 63.0 cm³/mol. The average Bonchev–Trinajstić information content (AvgIpc) is 2.35. The van der Waals surface area contributed by atoms with Crippen LogP contribution < -0.4 is 15.2 Å². The first-order valence-corrected chi connectivity index (χ1v) is 5.18. The standard InChI is InChI=1S/C12H19NO3/c1-14-5-4-12(13)9-6-10(15-2)8-11(7-9)16-3/h6-8,12H,4-5,13H2,1-3H3. The van der Waals surface area contributed by atoms with E-state index >= 15 is 0 Å². The summed E-state index contributed by atoms with van der Waals surface area (Å²) in [4.78, 5) is 0. The molecule has 0 fully saturated rings. The topological polar surface area (TPSA) is 53.7 Å². The maximum Gasteiger partial charge on any atom is 0.122 e. The third-order valence-corrected chi connectivity index (χ3v) is 2.43. The second-order valence-electron chi connectivity index (χ2n) is 3.53. The lowest BCUT2D eigenvalue weighted by Crippen LogP contribution is -2.12. The Morgan fingerprint density at radius 2 is 1.62 bits per heavy atom. The summed E-state index contributed by atoms with van der Waals surface area (Å²) in [7, 11) is 4.91. The van der Waals surface area contributed by atoms with Crippen LogP contribution in [0.3, 0.4) is 0 Å². The van der Waals surface area contributed by atoms with E-state index in [1.54, 1.807) is 21.3 Å². The van der Waals surface area contributed by atoms with E-state index in [-0.39, 0.29) is 6.04 Å². The molecule has 0 bridgehead atoms. The minimum atomic E-state index is -0.0658. The molecule has 0 radical (unpaired) electrons. The molecule has 2 N–H and O–H groups in total. The van der Waals surface area contributed by atoms with Crippen LogP contribution in [0.25, 0.3) is 0 Å². The van der Waals surface area contributed by atoms with Crippen LogP contribution in [-0.2, 0) is 4.74 Å². The Hall–Kier alpha value is -1.26. The smallest absolute Gasteiger partial charge is 0.122 e. The van der Waals surface area contributed by atoms with Crippen LogP contribution in [0.1, 0.15) is 18.0 Å². The lowest BCUT2D eigenvalue weighted by molar-refractivity contribution is 0.188. The van der Waals surface area contributed by atoms with Crippen molar-refractivity contribution in [2.45, 2.75) is 12.5 Å². The molecular formula is C12H19NO3. The van der Waals surface area contributed by atoms with E-state index in [1.165, 1.54) is 0 Å². The maximum atomic E-state index is 6.04. The highest BCUT2D eigenvalue weighted by Crippen LogP contribution is 2.26. The van der Waals surface area contributed by atoms with Crippen molar-refractivity contribution >= 4 is 0 Å². The number of ether oxygens (including phenoxy) is 3. The van der Waals surface area contributed by atoms with Crippen molar-refractivity contribution in [3.63, 3.8) is 0 Å². The first-order valence-electron chi connectivity index (χ1n) is 5.18. The Bertz CT molecular complexity index is 306. The number of hydrogen-bond donors (Lipinski definition) is 1. The fourth-order valence-corrected chi connectivity index (χ4v) is 1.46. The second kappa shape index (κ2) is 6.35. The Labute approximate surface area is 96.3 Å². The molecule has 0 spiro atoms. The highest BCUT2D eigenvalue weighted by molar-refractivity contribution is 5.39. The quantitative estimate of drug-likeness (QED) is 0.801. The van der Waals surface area contributed by atoms with Gasteiger partial charge in [-0.05, 0) is 24.1 Å². The predicted octanol–water partition coefficient (Wildman–Crippen LogP) is 1.74. The number of nitrogens with two attached hydrogens (primary N) is 1. The average molecular weight is 225 g/mol. The second-order valence-corrected chi connectivity index (χ2v) is 3.53. The molecule has 1 aromatic rings. The van der Waals surface area contributed by atoms with Gasteiger partial charge in [0.1, 0.15) is 11.5 Å². The molecule has 1 atom stereocenters. The van der Waals surface area contributed by atoms with E-state index in [1.807, 2.05) is 18.2 Å². The minimum Gasteiger partial charge on any atom is -0.497 e. The zero-order valence-electron chi connectivity index (χ0n) is 10.0. The van der Waals surface area contributed by atoms with Crippen molar-refractivity contribution in [3.8, 4) is 11.5 Å². The number of rotatable bonds is 6. The highest BCUT2D eigenvalue weighted by atomic mass is 16.5. The zero-order valence-corrected chi connectivity index (χ0v) is 10.0. The molecule has 0 aliphatic carbocycles. The van der Waals surface area contributed by atoms with Gasteiger partial charge in [0.15, 0.2) is 0 Å². The minimum absolute atomic E-state index is 0.0658. The monoisotopic (exact) mass is 225 g/mol. The van der Waals surface area contributed by atoms with Gasteiger partial charge in [0.05, 0.1) is 14.2 Å². The molecule has 0 aliphatic rings. The summed E-state index contributed by atoms with van der Waals surface area (Å²) < 4.78 is 15.4. The molecule has 0 heterocycles. The van der Waals surface area contributed by atoms with Gasteiger partial charge in [0.25, 0.3) is 0 Å². The summed E-state index contributed by atoms with van der Waals surface area (Å²) >= 11 is 0. The summed E-state index contributed by atoms with van der Waals surface area (Å²) in [5, 5.41) is 0. The number of benzene rings is 1. The normalized spacial score (nSPS) is 12.2. The van der Waals surface area contributed by atoms with Crippen LogP contribution in [0.15, 0.2) is 18.2 Å². The Morgan fingerprint density at radius 3 is 2.06 bits per heavy atom. The highest BCUT2D eigenvalue weighted by Gasteiger charge is 2.09. The van der Waals surface area contributed by atoms with E-state index in [0.717, 1.165) is 23.5 Å². The molecule has 1 unspecified atom stereocenters. The Morgan fingerprint density at radius 1 is 1.06 bits per heavy atom. The molecule has 0 amide bonds. The largest absolute Gasteiger partial charge is 0.497 e. The van der Waals surface area contributed by atoms with Crippen molar-refractivity contribution in [1.29, 1.82) is 0 Å². The van der Waals surface area contributed by atoms with Crippen LogP contribution in [0.2, 0.25) is 0 Å². The first-order chi connectivity index (χ1) is 7.71. The van der Waals surface area contributed by atoms with Gasteiger partial charge in [-0.2, -0.15) is 0 Å². The van der Waals surface area contributed by atoms with Gasteiger partial charge < -0.3 is 19.9 Å². The lowest BCUT2D eigenvalue weighted by atomic mass is 10.0. The molecule has 1 rings (SSSR count). The molecule has 4 heteroatoms. The fraction of sp³-hybridized carbons (Fsp3) is 0.500. The van der Waals surface area contributed by atoms with Crippen LogP contribution >= 0.6 is 0 Å². The van der Waals surface area contributed by atoms with E-state index in [0.29, 0.717) is 6.61 Å². The molecule has 90 valence electrons. The molecule has 4 nitrogen and oxygen atoms in total. The number of hydrogen-bond acceptors (Lipinski definition) is 4. The van der Waals surface area contributed by atoms with Gasteiger partial charge in [-0.3, -0.25) is 0 Å². The summed E-state index contributed by atoms with van der Waals surface area (Å²) in [5.74, 6) is 1.50. The molecule has 16 heavy (non-hydrogen) atoms. The Balaban J connectivity index is 2.85. The van der Waals surface area contributed by atoms with E-state index < -0.39 is 0 Å². The zero-order chi connectivity index (χ0) is 12.0. The molecule has 1 aromatic carbocycles. The first kappa shape index (κ1) is 12.8. The van der Waals surface area contributed by atoms with Gasteiger partial charge in [-0.15, -0.1) is 0 Å². The Kier molecular flexibility index (Phi) is 5.08. The van der Waals surface area contributed by atoms with E-state index in [2.05, 4.69) is 0 Å². The van der Waals surface area contributed by atoms with Crippen molar-refractivity contribution in [2.75, 3.05) is 27.9 Å². The van der Waals surface area contributed by atoms with Crippen LogP contribution in [0, 0.1) is 0 Å². The lowest BCUT2D eigenvalue weighted by Gasteiger charge is -2.14. The van der Waals surface area contributed by atoms with Gasteiger partial charge in [-0.25, -0.2) is 0 Å². The van der Waals surface area contributed by atoms with Crippen molar-refractivity contribution in [2.24, 2.45) is 5.73 Å². The third-order valence-electron chi connectivity index (χ3n) is 2.43. The van der Waals surface area contributed by atoms with E-state index in [9.17, 15) is 0 Å². The molecule has 0 aromatic heterocycles. The SMILES string of the molecule is COCCC(N)c1cc(OC)cc(OC)c1. The molecule has 0 aliphatic heterocycles.